The van der Waals surface area contributed by atoms with Gasteiger partial charge < -0.3 is 4.90 Å². The molecule has 0 unspecified atom stereocenters. The van der Waals surface area contributed by atoms with Crippen molar-refractivity contribution in [2.45, 2.75) is 0 Å². The van der Waals surface area contributed by atoms with Crippen molar-refractivity contribution in [2.24, 2.45) is 0 Å². The maximum atomic E-state index is 9.65. The zero-order valence-corrected chi connectivity index (χ0v) is 27.1. The summed E-state index contributed by atoms with van der Waals surface area (Å²) in [7, 11) is 0. The SMILES string of the molecule is [2H]c1c([2H])c([2H])c(-c2c([2H])c([2H])c(N(c3ccc(-c4cccc5ccccc45)cc3)c3c([2H])c([2H])c(-c4ccc5ccccc5c4-c4ccccc4)c([2H])c3[2H])c([2H])c2[2H])c([2H])c1[2H]. The van der Waals surface area contributed by atoms with E-state index in [9.17, 15) is 11.0 Å². The number of anilines is 3. The fourth-order valence-corrected chi connectivity index (χ4v) is 6.50. The number of rotatable bonds is 7. The van der Waals surface area contributed by atoms with E-state index in [2.05, 4.69) is 0 Å². The highest BCUT2D eigenvalue weighted by atomic mass is 15.1. The summed E-state index contributed by atoms with van der Waals surface area (Å²) >= 11 is 0. The summed E-state index contributed by atoms with van der Waals surface area (Å²) in [6, 6.07) is 33.1. The lowest BCUT2D eigenvalue weighted by Crippen LogP contribution is -2.09. The second-order valence-electron chi connectivity index (χ2n) is 11.9. The van der Waals surface area contributed by atoms with E-state index in [1.807, 2.05) is 103 Å². The van der Waals surface area contributed by atoms with Crippen molar-refractivity contribution in [1.82, 2.24) is 0 Å². The van der Waals surface area contributed by atoms with Crippen molar-refractivity contribution in [3.8, 4) is 44.5 Å². The van der Waals surface area contributed by atoms with Crippen LogP contribution >= 0.6 is 0 Å². The first-order valence-corrected chi connectivity index (χ1v) is 16.5. The summed E-state index contributed by atoms with van der Waals surface area (Å²) in [6.45, 7) is 0. The molecule has 1 heteroatoms. The third-order valence-corrected chi connectivity index (χ3v) is 8.91. The fourth-order valence-electron chi connectivity index (χ4n) is 6.50. The summed E-state index contributed by atoms with van der Waals surface area (Å²) in [6.07, 6.45) is 0. The van der Waals surface area contributed by atoms with Gasteiger partial charge in [0.2, 0.25) is 0 Å². The highest BCUT2D eigenvalue weighted by molar-refractivity contribution is 6.04. The van der Waals surface area contributed by atoms with Crippen LogP contribution < -0.4 is 4.90 Å². The van der Waals surface area contributed by atoms with Crippen LogP contribution in [0.25, 0.3) is 66.1 Å². The van der Waals surface area contributed by atoms with Gasteiger partial charge in [0.25, 0.3) is 0 Å². The minimum absolute atomic E-state index is 0.0192. The van der Waals surface area contributed by atoms with Gasteiger partial charge in [0.15, 0.2) is 0 Å². The molecule has 0 bridgehead atoms. The number of hydrogen-bond acceptors (Lipinski definition) is 1. The molecule has 9 rings (SSSR count). The van der Waals surface area contributed by atoms with E-state index in [1.165, 1.54) is 4.90 Å². The van der Waals surface area contributed by atoms with Crippen LogP contribution in [0.4, 0.5) is 17.1 Å². The topological polar surface area (TPSA) is 3.24 Å². The average molecular weight is 663 g/mol. The zero-order valence-electron chi connectivity index (χ0n) is 40.1. The van der Waals surface area contributed by atoms with Gasteiger partial charge in [0.1, 0.15) is 0 Å². The van der Waals surface area contributed by atoms with Crippen LogP contribution in [0.15, 0.2) is 212 Å². The smallest absolute Gasteiger partial charge is 0.0645 e. The van der Waals surface area contributed by atoms with Gasteiger partial charge in [-0.2, -0.15) is 0 Å². The van der Waals surface area contributed by atoms with Gasteiger partial charge in [0.05, 0.1) is 17.8 Å². The Balaban J connectivity index is 1.32. The molecule has 9 aromatic rings. The molecule has 0 aliphatic carbocycles. The number of fused-ring (bicyclic) bond motifs is 2. The normalized spacial score (nSPS) is 14.7. The van der Waals surface area contributed by atoms with Crippen molar-refractivity contribution in [1.29, 1.82) is 0 Å². The molecule has 0 N–H and O–H groups in total. The Morgan fingerprint density at radius 2 is 0.882 bits per heavy atom. The van der Waals surface area contributed by atoms with Crippen molar-refractivity contribution >= 4 is 38.6 Å². The third kappa shape index (κ3) is 5.86. The van der Waals surface area contributed by atoms with Crippen LogP contribution in [0, 0.1) is 0 Å². The third-order valence-electron chi connectivity index (χ3n) is 8.91. The molecule has 240 valence electrons. The van der Waals surface area contributed by atoms with E-state index in [-0.39, 0.29) is 16.9 Å². The molecule has 0 atom stereocenters. The second-order valence-corrected chi connectivity index (χ2v) is 11.9. The largest absolute Gasteiger partial charge is 0.311 e. The molecule has 0 radical (unpaired) electrons. The molecule has 1 nitrogen and oxygen atoms in total. The van der Waals surface area contributed by atoms with Crippen molar-refractivity contribution < 1.29 is 17.8 Å². The molecule has 51 heavy (non-hydrogen) atoms. The highest BCUT2D eigenvalue weighted by Gasteiger charge is 2.16. The molecule has 0 fully saturated rings. The Kier molecular flexibility index (Phi) is 5.08. The first-order chi connectivity index (χ1) is 30.7. The van der Waals surface area contributed by atoms with Crippen LogP contribution in [0.5, 0.6) is 0 Å². The molecule has 0 aliphatic heterocycles. The quantitative estimate of drug-likeness (QED) is 0.164. The summed E-state index contributed by atoms with van der Waals surface area (Å²) in [4.78, 5) is 1.18. The Hall–Kier alpha value is -6.70. The van der Waals surface area contributed by atoms with Gasteiger partial charge in [-0.15, -0.1) is 0 Å². The van der Waals surface area contributed by atoms with Gasteiger partial charge in [-0.1, -0.05) is 176 Å². The van der Waals surface area contributed by atoms with Crippen LogP contribution in [-0.2, 0) is 0 Å². The van der Waals surface area contributed by atoms with Gasteiger partial charge in [-0.25, -0.2) is 0 Å². The maximum absolute atomic E-state index is 9.65. The lowest BCUT2D eigenvalue weighted by Gasteiger charge is -2.26. The predicted molar refractivity (Wildman–Crippen MR) is 218 cm³/mol. The first kappa shape index (κ1) is 19.5. The van der Waals surface area contributed by atoms with E-state index < -0.39 is 95.4 Å². The van der Waals surface area contributed by atoms with Crippen molar-refractivity contribution in [3.05, 3.63) is 212 Å². The minimum atomic E-state index is -0.734. The average Bonchev–Trinajstić information content (AvgIpc) is 3.32. The fraction of sp³-hybridized carbons (Fsp3) is 0. The van der Waals surface area contributed by atoms with Gasteiger partial charge >= 0.3 is 0 Å². The van der Waals surface area contributed by atoms with E-state index in [4.69, 9.17) is 6.85 Å². The zero-order chi connectivity index (χ0) is 45.3. The van der Waals surface area contributed by atoms with Crippen LogP contribution in [0.3, 0.4) is 0 Å². The summed E-state index contributed by atoms with van der Waals surface area (Å²) in [5, 5.41) is 3.74. The Labute approximate surface area is 317 Å². The van der Waals surface area contributed by atoms with E-state index in [1.54, 1.807) is 30.3 Å². The standard InChI is InChI=1S/C50H35N/c1-3-12-36(13-4-1)37-22-29-43(30-23-37)51(44-31-24-40(25-32-44)47-21-11-18-38-14-7-9-19-46(38)47)45-33-26-41(27-34-45)49-35-28-39-15-8-10-20-48(39)50(49)42-16-5-2-6-17-42/h1-35H/i1D,3D,4D,12D,13D,22D,23D,26D,27D,29D,30D,33D,34D. The highest BCUT2D eigenvalue weighted by Crippen LogP contribution is 2.41. The van der Waals surface area contributed by atoms with Crippen LogP contribution in [0.2, 0.25) is 0 Å². The van der Waals surface area contributed by atoms with Crippen molar-refractivity contribution in [3.63, 3.8) is 0 Å². The van der Waals surface area contributed by atoms with Crippen molar-refractivity contribution in [2.75, 3.05) is 4.90 Å². The molecular formula is C50H35N. The molecular weight excluding hydrogens is 615 g/mol. The molecule has 9 aromatic carbocycles. The molecule has 0 aliphatic rings. The number of nitrogens with zero attached hydrogens (tertiary/aromatic N) is 1. The molecule has 0 spiro atoms. The van der Waals surface area contributed by atoms with Crippen LogP contribution in [0.1, 0.15) is 17.8 Å². The monoisotopic (exact) mass is 662 g/mol. The first-order valence-electron chi connectivity index (χ1n) is 23.0. The lowest BCUT2D eigenvalue weighted by molar-refractivity contribution is 1.28. The summed E-state index contributed by atoms with van der Waals surface area (Å²) in [5.41, 5.74) is 2.02. The molecule has 0 aromatic heterocycles. The van der Waals surface area contributed by atoms with Gasteiger partial charge in [0, 0.05) is 17.1 Å². The second kappa shape index (κ2) is 13.3. The predicted octanol–water partition coefficient (Wildman–Crippen LogP) is 14.1. The van der Waals surface area contributed by atoms with Gasteiger partial charge in [-0.05, 0) is 102 Å². The summed E-state index contributed by atoms with van der Waals surface area (Å²) < 4.78 is 118. The number of hydrogen-bond donors (Lipinski definition) is 0. The van der Waals surface area contributed by atoms with Gasteiger partial charge in [-0.3, -0.25) is 0 Å². The van der Waals surface area contributed by atoms with Crippen LogP contribution in [-0.4, -0.2) is 0 Å². The Morgan fingerprint density at radius 1 is 0.314 bits per heavy atom. The molecule has 0 heterocycles. The maximum Gasteiger partial charge on any atom is 0.0645 e. The Bertz CT molecular complexity index is 3280. The van der Waals surface area contributed by atoms with E-state index >= 15 is 0 Å². The van der Waals surface area contributed by atoms with E-state index in [0.717, 1.165) is 38.2 Å². The minimum Gasteiger partial charge on any atom is -0.311 e. The number of benzene rings is 9. The van der Waals surface area contributed by atoms with E-state index in [0.29, 0.717) is 11.1 Å². The summed E-state index contributed by atoms with van der Waals surface area (Å²) in [5.74, 6) is 0. The molecule has 0 saturated heterocycles. The lowest BCUT2D eigenvalue weighted by atomic mass is 9.90. The Morgan fingerprint density at radius 3 is 1.59 bits per heavy atom. The molecule has 0 saturated carbocycles. The molecule has 0 amide bonds.